The molecule has 0 saturated heterocycles. The Morgan fingerprint density at radius 1 is 1.11 bits per heavy atom. The molecule has 1 amide bonds. The zero-order valence-corrected chi connectivity index (χ0v) is 16.1. The highest BCUT2D eigenvalue weighted by Crippen LogP contribution is 2.45. The Balaban J connectivity index is 1.83. The van der Waals surface area contributed by atoms with Gasteiger partial charge in [0.25, 0.3) is 0 Å². The van der Waals surface area contributed by atoms with Crippen molar-refractivity contribution in [3.05, 3.63) is 47.5 Å². The average molecular weight is 369 g/mol. The molecule has 1 fully saturated rings. The lowest BCUT2D eigenvalue weighted by atomic mass is 9.71. The first-order valence-electron chi connectivity index (χ1n) is 9.62. The molecule has 2 aliphatic rings. The summed E-state index contributed by atoms with van der Waals surface area (Å²) >= 11 is 0. The third-order valence-electron chi connectivity index (χ3n) is 5.70. The van der Waals surface area contributed by atoms with Crippen molar-refractivity contribution < 1.29 is 19.7 Å². The fourth-order valence-corrected chi connectivity index (χ4v) is 4.57. The van der Waals surface area contributed by atoms with Crippen LogP contribution in [0.15, 0.2) is 36.4 Å². The van der Waals surface area contributed by atoms with Crippen LogP contribution in [0, 0.1) is 0 Å². The molecule has 1 saturated carbocycles. The molecule has 0 unspecified atom stereocenters. The van der Waals surface area contributed by atoms with Crippen molar-refractivity contribution in [3.63, 3.8) is 0 Å². The van der Waals surface area contributed by atoms with Gasteiger partial charge < -0.3 is 19.8 Å². The zero-order chi connectivity index (χ0) is 19.3. The maximum Gasteiger partial charge on any atom is 0.410 e. The van der Waals surface area contributed by atoms with Crippen molar-refractivity contribution in [1.82, 2.24) is 4.90 Å². The van der Waals surface area contributed by atoms with E-state index in [0.29, 0.717) is 19.4 Å². The number of fused-ring (bicyclic) bond motifs is 5. The molecule has 4 rings (SSSR count). The van der Waals surface area contributed by atoms with E-state index in [9.17, 15) is 15.0 Å². The van der Waals surface area contributed by atoms with Crippen LogP contribution in [0.1, 0.15) is 50.7 Å². The summed E-state index contributed by atoms with van der Waals surface area (Å²) in [6.07, 6.45) is -0.929. The fourth-order valence-electron chi connectivity index (χ4n) is 4.57. The number of carbonyl (C=O) groups excluding carboxylic acids is 1. The molecule has 0 bridgehead atoms. The van der Waals surface area contributed by atoms with Crippen molar-refractivity contribution in [2.24, 2.45) is 0 Å². The molecule has 1 aliphatic heterocycles. The zero-order valence-electron chi connectivity index (χ0n) is 16.1. The third-order valence-corrected chi connectivity index (χ3v) is 5.70. The molecule has 2 aromatic carbocycles. The van der Waals surface area contributed by atoms with Crippen molar-refractivity contribution in [2.45, 2.75) is 69.9 Å². The van der Waals surface area contributed by atoms with E-state index in [2.05, 4.69) is 12.1 Å². The molecule has 1 aliphatic carbocycles. The van der Waals surface area contributed by atoms with Gasteiger partial charge >= 0.3 is 6.09 Å². The van der Waals surface area contributed by atoms with Crippen LogP contribution in [-0.2, 0) is 11.3 Å². The van der Waals surface area contributed by atoms with Gasteiger partial charge in [0.2, 0.25) is 0 Å². The first-order valence-corrected chi connectivity index (χ1v) is 9.62. The van der Waals surface area contributed by atoms with E-state index in [1.807, 2.05) is 45.0 Å². The Hall–Kier alpha value is -2.11. The van der Waals surface area contributed by atoms with E-state index in [0.717, 1.165) is 21.9 Å². The van der Waals surface area contributed by atoms with Crippen LogP contribution in [-0.4, -0.2) is 45.1 Å². The molecular weight excluding hydrogens is 342 g/mol. The van der Waals surface area contributed by atoms with E-state index in [-0.39, 0.29) is 18.1 Å². The molecule has 144 valence electrons. The standard InChI is InChI=1S/C22H27NO4/c1-22(2,3)27-21(26)23-12-14-9-8-13-6-4-5-7-15(13)18(14)19-16(23)10-11-17(24)20(19)25/h4-9,16-17,19-20,24-25H,10-12H2,1-3H3/t16-,17-,19+,20-/m0/s1. The quantitative estimate of drug-likeness (QED) is 0.745. The van der Waals surface area contributed by atoms with Gasteiger partial charge in [0.1, 0.15) is 5.60 Å². The van der Waals surface area contributed by atoms with Crippen molar-refractivity contribution >= 4 is 16.9 Å². The summed E-state index contributed by atoms with van der Waals surface area (Å²) in [6, 6.07) is 12.0. The monoisotopic (exact) mass is 369 g/mol. The summed E-state index contributed by atoms with van der Waals surface area (Å²) in [5, 5.41) is 23.4. The highest BCUT2D eigenvalue weighted by atomic mass is 16.6. The Morgan fingerprint density at radius 3 is 2.59 bits per heavy atom. The summed E-state index contributed by atoms with van der Waals surface area (Å²) in [4.78, 5) is 14.6. The number of carbonyl (C=O) groups is 1. The molecular formula is C22H27NO4. The number of benzene rings is 2. The van der Waals surface area contributed by atoms with E-state index in [1.54, 1.807) is 4.90 Å². The molecule has 27 heavy (non-hydrogen) atoms. The number of hydrogen-bond acceptors (Lipinski definition) is 4. The second kappa shape index (κ2) is 6.50. The van der Waals surface area contributed by atoms with E-state index in [1.165, 1.54) is 0 Å². The first kappa shape index (κ1) is 18.3. The molecule has 0 radical (unpaired) electrons. The van der Waals surface area contributed by atoms with E-state index < -0.39 is 17.8 Å². The van der Waals surface area contributed by atoms with Gasteiger partial charge in [-0.25, -0.2) is 4.79 Å². The van der Waals surface area contributed by atoms with Gasteiger partial charge in [-0.05, 0) is 55.5 Å². The Bertz CT molecular complexity index is 872. The van der Waals surface area contributed by atoms with Gasteiger partial charge in [-0.15, -0.1) is 0 Å². The van der Waals surface area contributed by atoms with Crippen LogP contribution in [0.3, 0.4) is 0 Å². The summed E-state index contributed by atoms with van der Waals surface area (Å²) < 4.78 is 5.63. The maximum absolute atomic E-state index is 12.9. The summed E-state index contributed by atoms with van der Waals surface area (Å²) in [5.41, 5.74) is 1.49. The number of ether oxygens (including phenoxy) is 1. The highest BCUT2D eigenvalue weighted by Gasteiger charge is 2.47. The van der Waals surface area contributed by atoms with E-state index in [4.69, 9.17) is 4.74 Å². The van der Waals surface area contributed by atoms with Crippen LogP contribution in [0.4, 0.5) is 4.79 Å². The molecule has 5 heteroatoms. The number of rotatable bonds is 0. The Kier molecular flexibility index (Phi) is 4.40. The van der Waals surface area contributed by atoms with Crippen molar-refractivity contribution in [1.29, 1.82) is 0 Å². The lowest BCUT2D eigenvalue weighted by Crippen LogP contribution is -2.56. The number of amides is 1. The lowest BCUT2D eigenvalue weighted by molar-refractivity contribution is -0.0642. The minimum Gasteiger partial charge on any atom is -0.444 e. The van der Waals surface area contributed by atoms with Gasteiger partial charge in [0, 0.05) is 18.5 Å². The topological polar surface area (TPSA) is 70.0 Å². The van der Waals surface area contributed by atoms with Gasteiger partial charge in [-0.1, -0.05) is 36.4 Å². The molecule has 4 atom stereocenters. The predicted octanol–water partition coefficient (Wildman–Crippen LogP) is 3.56. The van der Waals surface area contributed by atoms with Gasteiger partial charge in [0.15, 0.2) is 0 Å². The minimum absolute atomic E-state index is 0.184. The average Bonchev–Trinajstić information content (AvgIpc) is 2.62. The van der Waals surface area contributed by atoms with Crippen LogP contribution < -0.4 is 0 Å². The van der Waals surface area contributed by atoms with Crippen molar-refractivity contribution in [3.8, 4) is 0 Å². The highest BCUT2D eigenvalue weighted by molar-refractivity contribution is 5.88. The summed E-state index contributed by atoms with van der Waals surface area (Å²) in [6.45, 7) is 6.02. The predicted molar refractivity (Wildman–Crippen MR) is 104 cm³/mol. The second-order valence-corrected chi connectivity index (χ2v) is 8.70. The fraction of sp³-hybridized carbons (Fsp3) is 0.500. The third kappa shape index (κ3) is 3.19. The normalized spacial score (nSPS) is 27.8. The lowest BCUT2D eigenvalue weighted by Gasteiger charge is -2.48. The Morgan fingerprint density at radius 2 is 1.85 bits per heavy atom. The van der Waals surface area contributed by atoms with E-state index >= 15 is 0 Å². The molecule has 0 spiro atoms. The van der Waals surface area contributed by atoms with Crippen LogP contribution in [0.5, 0.6) is 0 Å². The number of aliphatic hydroxyl groups excluding tert-OH is 2. The summed E-state index contributed by atoms with van der Waals surface area (Å²) in [5.74, 6) is -0.323. The number of hydrogen-bond donors (Lipinski definition) is 2. The largest absolute Gasteiger partial charge is 0.444 e. The molecule has 2 N–H and O–H groups in total. The minimum atomic E-state index is -0.904. The number of aliphatic hydroxyl groups is 2. The van der Waals surface area contributed by atoms with Gasteiger partial charge in [0.05, 0.1) is 12.2 Å². The van der Waals surface area contributed by atoms with Crippen LogP contribution in [0.2, 0.25) is 0 Å². The van der Waals surface area contributed by atoms with Gasteiger partial charge in [-0.3, -0.25) is 0 Å². The molecule has 0 aromatic heterocycles. The molecule has 1 heterocycles. The van der Waals surface area contributed by atoms with Gasteiger partial charge in [-0.2, -0.15) is 0 Å². The first-order chi connectivity index (χ1) is 12.8. The molecule has 2 aromatic rings. The maximum atomic E-state index is 12.9. The summed E-state index contributed by atoms with van der Waals surface area (Å²) in [7, 11) is 0. The smallest absolute Gasteiger partial charge is 0.410 e. The molecule has 5 nitrogen and oxygen atoms in total. The van der Waals surface area contributed by atoms with Crippen LogP contribution in [0.25, 0.3) is 10.8 Å². The Labute approximate surface area is 159 Å². The van der Waals surface area contributed by atoms with Crippen molar-refractivity contribution in [2.75, 3.05) is 0 Å². The van der Waals surface area contributed by atoms with Crippen LogP contribution >= 0.6 is 0 Å². The SMILES string of the molecule is CC(C)(C)OC(=O)N1Cc2ccc3ccccc3c2[C@@H]2[C@@H](O)[C@@H](O)CC[C@@H]21. The second-order valence-electron chi connectivity index (χ2n) is 8.70. The number of nitrogens with zero attached hydrogens (tertiary/aromatic N) is 1.